The van der Waals surface area contributed by atoms with Crippen molar-refractivity contribution in [2.24, 2.45) is 0 Å². The van der Waals surface area contributed by atoms with E-state index in [0.717, 1.165) is 19.5 Å². The number of aromatic nitrogens is 1. The van der Waals surface area contributed by atoms with E-state index in [0.29, 0.717) is 11.8 Å². The molecule has 2 amide bonds. The number of likely N-dealkylation sites (tertiary alicyclic amines) is 1. The zero-order valence-electron chi connectivity index (χ0n) is 10.7. The molecule has 1 saturated heterocycles. The summed E-state index contributed by atoms with van der Waals surface area (Å²) in [4.78, 5) is 24.8. The molecule has 18 heavy (non-hydrogen) atoms. The van der Waals surface area contributed by atoms with Crippen LogP contribution in [0.3, 0.4) is 0 Å². The first-order valence-electron chi connectivity index (χ1n) is 5.95. The van der Waals surface area contributed by atoms with Gasteiger partial charge in [-0.1, -0.05) is 0 Å². The molecule has 1 fully saturated rings. The van der Waals surface area contributed by atoms with Crippen LogP contribution in [0.1, 0.15) is 6.42 Å². The van der Waals surface area contributed by atoms with Crippen molar-refractivity contribution in [3.05, 3.63) is 24.5 Å². The topological polar surface area (TPSA) is 57.7 Å². The maximum absolute atomic E-state index is 11.8. The summed E-state index contributed by atoms with van der Waals surface area (Å²) in [5, 5.41) is 0. The van der Waals surface area contributed by atoms with Crippen molar-refractivity contribution in [1.82, 2.24) is 20.3 Å². The summed E-state index contributed by atoms with van der Waals surface area (Å²) < 4.78 is 0. The van der Waals surface area contributed by atoms with Crippen molar-refractivity contribution < 1.29 is 9.63 Å². The summed E-state index contributed by atoms with van der Waals surface area (Å²) >= 11 is 0. The van der Waals surface area contributed by atoms with Crippen LogP contribution in [0, 0.1) is 0 Å². The molecule has 6 heteroatoms. The predicted octanol–water partition coefficient (Wildman–Crippen LogP) is 0.721. The fraction of sp³-hybridized carbons (Fsp3) is 0.500. The molecule has 0 bridgehead atoms. The third kappa shape index (κ3) is 3.10. The molecule has 0 spiro atoms. The maximum atomic E-state index is 11.8. The van der Waals surface area contributed by atoms with Crippen LogP contribution in [0.5, 0.6) is 5.75 Å². The van der Waals surface area contributed by atoms with Crippen LogP contribution in [-0.2, 0) is 0 Å². The van der Waals surface area contributed by atoms with Crippen molar-refractivity contribution in [1.29, 1.82) is 0 Å². The molecule has 6 nitrogen and oxygen atoms in total. The van der Waals surface area contributed by atoms with Gasteiger partial charge in [0, 0.05) is 43.7 Å². The van der Waals surface area contributed by atoms with E-state index in [-0.39, 0.29) is 6.03 Å². The van der Waals surface area contributed by atoms with Crippen molar-refractivity contribution >= 4 is 6.03 Å². The van der Waals surface area contributed by atoms with Crippen molar-refractivity contribution in [3.63, 3.8) is 0 Å². The Kier molecular flexibility index (Phi) is 3.99. The predicted molar refractivity (Wildman–Crippen MR) is 67.1 cm³/mol. The minimum Gasteiger partial charge on any atom is -0.378 e. The molecule has 0 unspecified atom stereocenters. The highest BCUT2D eigenvalue weighted by Gasteiger charge is 2.27. The van der Waals surface area contributed by atoms with E-state index < -0.39 is 0 Å². The van der Waals surface area contributed by atoms with Gasteiger partial charge < -0.3 is 14.6 Å². The average molecular weight is 250 g/mol. The van der Waals surface area contributed by atoms with Gasteiger partial charge in [0.25, 0.3) is 0 Å². The second kappa shape index (κ2) is 5.68. The van der Waals surface area contributed by atoms with E-state index in [1.165, 1.54) is 0 Å². The molecular formula is C12H18N4O2. The molecule has 98 valence electrons. The van der Waals surface area contributed by atoms with Crippen molar-refractivity contribution in [2.45, 2.75) is 12.5 Å². The Bertz CT molecular complexity index is 396. The average Bonchev–Trinajstić information content (AvgIpc) is 2.87. The molecule has 1 N–H and O–H groups in total. The Morgan fingerprint density at radius 3 is 2.83 bits per heavy atom. The van der Waals surface area contributed by atoms with E-state index in [2.05, 4.69) is 15.4 Å². The smallest absolute Gasteiger partial charge is 0.350 e. The highest BCUT2D eigenvalue weighted by Crippen LogP contribution is 2.13. The number of hydrogen-bond donors (Lipinski definition) is 1. The third-order valence-corrected chi connectivity index (χ3v) is 3.09. The second-order valence-corrected chi connectivity index (χ2v) is 4.54. The van der Waals surface area contributed by atoms with Gasteiger partial charge in [-0.05, 0) is 20.5 Å². The summed E-state index contributed by atoms with van der Waals surface area (Å²) in [7, 11) is 4.05. The van der Waals surface area contributed by atoms with E-state index >= 15 is 0 Å². The monoisotopic (exact) mass is 250 g/mol. The summed E-state index contributed by atoms with van der Waals surface area (Å²) in [5.41, 5.74) is 2.44. The fourth-order valence-corrected chi connectivity index (χ4v) is 1.92. The number of carbonyl (C=O) groups excluding carboxylic acids is 1. The summed E-state index contributed by atoms with van der Waals surface area (Å²) in [6.07, 6.45) is 4.22. The zero-order valence-corrected chi connectivity index (χ0v) is 10.7. The van der Waals surface area contributed by atoms with Crippen LogP contribution in [0.2, 0.25) is 0 Å². The molecule has 1 atom stereocenters. The lowest BCUT2D eigenvalue weighted by Crippen LogP contribution is -2.41. The highest BCUT2D eigenvalue weighted by atomic mass is 16.7. The molecule has 0 aliphatic carbocycles. The minimum absolute atomic E-state index is 0.198. The number of rotatable bonds is 3. The first-order chi connectivity index (χ1) is 8.66. The Morgan fingerprint density at radius 2 is 2.22 bits per heavy atom. The number of carbonyl (C=O) groups is 1. The molecule has 1 aromatic rings. The molecule has 0 saturated carbocycles. The minimum atomic E-state index is -0.198. The molecule has 1 aliphatic heterocycles. The zero-order chi connectivity index (χ0) is 13.0. The first-order valence-corrected chi connectivity index (χ1v) is 5.95. The number of nitrogens with zero attached hydrogens (tertiary/aromatic N) is 3. The number of hydroxylamine groups is 1. The Balaban J connectivity index is 1.79. The van der Waals surface area contributed by atoms with Crippen LogP contribution < -0.4 is 10.3 Å². The van der Waals surface area contributed by atoms with Gasteiger partial charge in [-0.15, -0.1) is 0 Å². The summed E-state index contributed by atoms with van der Waals surface area (Å²) in [6, 6.07) is 3.60. The Morgan fingerprint density at radius 1 is 1.50 bits per heavy atom. The number of likely N-dealkylation sites (N-methyl/N-ethyl adjacent to an activating group) is 1. The van der Waals surface area contributed by atoms with Crippen LogP contribution >= 0.6 is 0 Å². The standard InChI is InChI=1S/C12H18N4O2/c1-15(2)10-5-8-16(9-10)12(17)14-18-11-3-6-13-7-4-11/h3-4,6-7,10H,5,8-9H2,1-2H3,(H,14,17)/t10-/m0/s1. The van der Waals surface area contributed by atoms with Gasteiger partial charge in [0.15, 0.2) is 5.75 Å². The highest BCUT2D eigenvalue weighted by molar-refractivity contribution is 5.73. The van der Waals surface area contributed by atoms with Gasteiger partial charge >= 0.3 is 6.03 Å². The van der Waals surface area contributed by atoms with Crippen molar-refractivity contribution in [3.8, 4) is 5.75 Å². The van der Waals surface area contributed by atoms with Gasteiger partial charge in [0.1, 0.15) is 0 Å². The van der Waals surface area contributed by atoms with E-state index in [4.69, 9.17) is 4.84 Å². The molecule has 1 aromatic heterocycles. The lowest BCUT2D eigenvalue weighted by molar-refractivity contribution is 0.147. The van der Waals surface area contributed by atoms with E-state index in [9.17, 15) is 4.79 Å². The third-order valence-electron chi connectivity index (χ3n) is 3.09. The van der Waals surface area contributed by atoms with Gasteiger partial charge in [-0.3, -0.25) is 4.98 Å². The van der Waals surface area contributed by atoms with Gasteiger partial charge in [0.05, 0.1) is 0 Å². The van der Waals surface area contributed by atoms with E-state index in [1.807, 2.05) is 14.1 Å². The van der Waals surface area contributed by atoms with Crippen LogP contribution in [0.25, 0.3) is 0 Å². The molecule has 2 heterocycles. The van der Waals surface area contributed by atoms with Crippen LogP contribution in [0.15, 0.2) is 24.5 Å². The molecule has 0 aromatic carbocycles. The summed E-state index contributed by atoms with van der Waals surface area (Å²) in [5.74, 6) is 0.571. The molecular weight excluding hydrogens is 232 g/mol. The lowest BCUT2D eigenvalue weighted by atomic mass is 10.2. The number of hydrogen-bond acceptors (Lipinski definition) is 4. The number of urea groups is 1. The first kappa shape index (κ1) is 12.6. The number of amides is 2. The molecule has 0 radical (unpaired) electrons. The fourth-order valence-electron chi connectivity index (χ4n) is 1.92. The second-order valence-electron chi connectivity index (χ2n) is 4.54. The van der Waals surface area contributed by atoms with Crippen LogP contribution in [-0.4, -0.2) is 54.0 Å². The van der Waals surface area contributed by atoms with Gasteiger partial charge in [-0.2, -0.15) is 5.48 Å². The lowest BCUT2D eigenvalue weighted by Gasteiger charge is -2.20. The van der Waals surface area contributed by atoms with Gasteiger partial charge in [-0.25, -0.2) is 4.79 Å². The molecule has 1 aliphatic rings. The van der Waals surface area contributed by atoms with Crippen molar-refractivity contribution in [2.75, 3.05) is 27.2 Å². The number of pyridine rings is 1. The Hall–Kier alpha value is -1.82. The van der Waals surface area contributed by atoms with Gasteiger partial charge in [0.2, 0.25) is 0 Å². The van der Waals surface area contributed by atoms with E-state index in [1.54, 1.807) is 29.4 Å². The Labute approximate surface area is 106 Å². The largest absolute Gasteiger partial charge is 0.378 e. The number of nitrogens with one attached hydrogen (secondary N) is 1. The summed E-state index contributed by atoms with van der Waals surface area (Å²) in [6.45, 7) is 1.49. The quantitative estimate of drug-likeness (QED) is 0.803. The normalized spacial score (nSPS) is 19.1. The van der Waals surface area contributed by atoms with Crippen LogP contribution in [0.4, 0.5) is 4.79 Å². The SMILES string of the molecule is CN(C)[C@H]1CCN(C(=O)NOc2ccncc2)C1. The molecule has 2 rings (SSSR count). The maximum Gasteiger partial charge on any atom is 0.350 e.